The summed E-state index contributed by atoms with van der Waals surface area (Å²) in [5.41, 5.74) is 2.63. The quantitative estimate of drug-likeness (QED) is 0.937. The van der Waals surface area contributed by atoms with Gasteiger partial charge >= 0.3 is 11.7 Å². The molecule has 0 fully saturated rings. The number of rotatable bonds is 4. The molecule has 5 nitrogen and oxygen atoms in total. The lowest BCUT2D eigenvalue weighted by molar-refractivity contribution is -0.141. The molecule has 0 saturated carbocycles. The van der Waals surface area contributed by atoms with E-state index in [2.05, 4.69) is 4.98 Å². The first kappa shape index (κ1) is 14.5. The molecule has 2 rings (SSSR count). The lowest BCUT2D eigenvalue weighted by Crippen LogP contribution is -2.27. The van der Waals surface area contributed by atoms with Gasteiger partial charge < -0.3 is 5.11 Å². The Morgan fingerprint density at radius 2 is 2.20 bits per heavy atom. The van der Waals surface area contributed by atoms with Gasteiger partial charge in [0.15, 0.2) is 0 Å². The predicted molar refractivity (Wildman–Crippen MR) is 77.7 cm³/mol. The number of aryl methyl sites for hydroxylation is 1. The van der Waals surface area contributed by atoms with Crippen molar-refractivity contribution in [3.8, 4) is 5.69 Å². The zero-order chi connectivity index (χ0) is 14.9. The van der Waals surface area contributed by atoms with Gasteiger partial charge in [0.25, 0.3) is 0 Å². The van der Waals surface area contributed by atoms with Gasteiger partial charge in [-0.1, -0.05) is 6.92 Å². The maximum absolute atomic E-state index is 12.1. The summed E-state index contributed by atoms with van der Waals surface area (Å²) in [6.07, 6.45) is 0.365. The van der Waals surface area contributed by atoms with E-state index in [-0.39, 0.29) is 5.69 Å². The van der Waals surface area contributed by atoms with Gasteiger partial charge in [0.1, 0.15) is 0 Å². The Kier molecular flexibility index (Phi) is 4.04. The summed E-state index contributed by atoms with van der Waals surface area (Å²) in [5, 5.41) is 12.8. The standard InChI is InChI=1S/C14H16N2O3S/c1-8(13(17)18)6-12-9(2)15-14(19)16(10(12)3)11-4-5-20-7-11/h4-5,7-8H,6H2,1-3H3,(H,17,18). The molecule has 20 heavy (non-hydrogen) atoms. The van der Waals surface area contributed by atoms with Gasteiger partial charge in [0, 0.05) is 16.8 Å². The fourth-order valence-electron chi connectivity index (χ4n) is 2.18. The van der Waals surface area contributed by atoms with Crippen molar-refractivity contribution in [2.45, 2.75) is 27.2 Å². The first-order valence-electron chi connectivity index (χ1n) is 6.26. The molecule has 0 aliphatic rings. The molecule has 2 aromatic heterocycles. The maximum Gasteiger partial charge on any atom is 0.352 e. The second-order valence-corrected chi connectivity index (χ2v) is 5.58. The summed E-state index contributed by atoms with van der Waals surface area (Å²) in [6.45, 7) is 5.23. The Hall–Kier alpha value is -1.95. The molecule has 1 N–H and O–H groups in total. The highest BCUT2D eigenvalue weighted by Crippen LogP contribution is 2.19. The van der Waals surface area contributed by atoms with E-state index in [0.717, 1.165) is 16.9 Å². The molecule has 0 bridgehead atoms. The van der Waals surface area contributed by atoms with E-state index in [1.54, 1.807) is 13.8 Å². The Morgan fingerprint density at radius 1 is 1.50 bits per heavy atom. The number of hydrogen-bond donors (Lipinski definition) is 1. The van der Waals surface area contributed by atoms with Crippen LogP contribution in [-0.4, -0.2) is 20.6 Å². The van der Waals surface area contributed by atoms with Crippen LogP contribution in [0.2, 0.25) is 0 Å². The van der Waals surface area contributed by atoms with E-state index < -0.39 is 11.9 Å². The zero-order valence-corrected chi connectivity index (χ0v) is 12.4. The maximum atomic E-state index is 12.1. The molecule has 1 atom stereocenters. The van der Waals surface area contributed by atoms with Gasteiger partial charge in [-0.05, 0) is 37.3 Å². The second kappa shape index (κ2) is 5.58. The molecular formula is C14H16N2O3S. The lowest BCUT2D eigenvalue weighted by atomic mass is 9.99. The van der Waals surface area contributed by atoms with Crippen LogP contribution < -0.4 is 5.69 Å². The summed E-state index contributed by atoms with van der Waals surface area (Å²) in [4.78, 5) is 27.1. The molecule has 0 aromatic carbocycles. The van der Waals surface area contributed by atoms with Crippen LogP contribution in [0.4, 0.5) is 0 Å². The average Bonchev–Trinajstić information content (AvgIpc) is 2.87. The molecule has 0 spiro atoms. The summed E-state index contributed by atoms with van der Waals surface area (Å²) >= 11 is 1.50. The molecule has 2 aromatic rings. The van der Waals surface area contributed by atoms with Crippen LogP contribution in [0, 0.1) is 19.8 Å². The van der Waals surface area contributed by atoms with E-state index in [4.69, 9.17) is 5.11 Å². The molecular weight excluding hydrogens is 276 g/mol. The summed E-state index contributed by atoms with van der Waals surface area (Å²) < 4.78 is 1.54. The van der Waals surface area contributed by atoms with Crippen LogP contribution in [0.5, 0.6) is 0 Å². The van der Waals surface area contributed by atoms with Crippen molar-refractivity contribution in [3.63, 3.8) is 0 Å². The van der Waals surface area contributed by atoms with Gasteiger partial charge in [-0.25, -0.2) is 4.79 Å². The fraction of sp³-hybridized carbons (Fsp3) is 0.357. The van der Waals surface area contributed by atoms with Crippen molar-refractivity contribution >= 4 is 17.3 Å². The highest BCUT2D eigenvalue weighted by Gasteiger charge is 2.18. The first-order valence-corrected chi connectivity index (χ1v) is 7.20. The molecule has 1 unspecified atom stereocenters. The Morgan fingerprint density at radius 3 is 2.75 bits per heavy atom. The lowest BCUT2D eigenvalue weighted by Gasteiger charge is -2.16. The van der Waals surface area contributed by atoms with Gasteiger partial charge in [-0.15, -0.1) is 0 Å². The number of carboxylic acids is 1. The Balaban J connectivity index is 2.56. The molecule has 0 saturated heterocycles. The summed E-state index contributed by atoms with van der Waals surface area (Å²) in [5.74, 6) is -1.36. The topological polar surface area (TPSA) is 72.2 Å². The number of hydrogen-bond acceptors (Lipinski definition) is 4. The van der Waals surface area contributed by atoms with Crippen molar-refractivity contribution in [1.29, 1.82) is 0 Å². The first-order chi connectivity index (χ1) is 9.41. The van der Waals surface area contributed by atoms with Crippen LogP contribution in [0.3, 0.4) is 0 Å². The predicted octanol–water partition coefficient (Wildman–Crippen LogP) is 2.17. The smallest absolute Gasteiger partial charge is 0.352 e. The molecule has 0 amide bonds. The summed E-state index contributed by atoms with van der Waals surface area (Å²) in [7, 11) is 0. The molecule has 106 valence electrons. The van der Waals surface area contributed by atoms with Gasteiger partial charge in [-0.2, -0.15) is 16.3 Å². The minimum Gasteiger partial charge on any atom is -0.481 e. The highest BCUT2D eigenvalue weighted by atomic mass is 32.1. The van der Waals surface area contributed by atoms with Crippen molar-refractivity contribution < 1.29 is 9.90 Å². The number of aromatic nitrogens is 2. The van der Waals surface area contributed by atoms with Crippen LogP contribution in [0.1, 0.15) is 23.9 Å². The van der Waals surface area contributed by atoms with Crippen molar-refractivity contribution in [2.75, 3.05) is 0 Å². The van der Waals surface area contributed by atoms with E-state index in [1.165, 1.54) is 15.9 Å². The number of thiophene rings is 1. The fourth-order valence-corrected chi connectivity index (χ4v) is 2.80. The minimum absolute atomic E-state index is 0.329. The van der Waals surface area contributed by atoms with Crippen molar-refractivity contribution in [1.82, 2.24) is 9.55 Å². The van der Waals surface area contributed by atoms with E-state index in [9.17, 15) is 9.59 Å². The Bertz CT molecular complexity index is 689. The summed E-state index contributed by atoms with van der Waals surface area (Å²) in [6, 6.07) is 1.85. The van der Waals surface area contributed by atoms with Crippen molar-refractivity contribution in [3.05, 3.63) is 44.3 Å². The Labute approximate surface area is 120 Å². The van der Waals surface area contributed by atoms with Gasteiger partial charge in [0.05, 0.1) is 11.6 Å². The van der Waals surface area contributed by atoms with Gasteiger partial charge in [-0.3, -0.25) is 9.36 Å². The molecule has 0 aliphatic carbocycles. The van der Waals surface area contributed by atoms with Crippen molar-refractivity contribution in [2.24, 2.45) is 5.92 Å². The normalized spacial score (nSPS) is 12.3. The monoisotopic (exact) mass is 292 g/mol. The third-order valence-electron chi connectivity index (χ3n) is 3.36. The SMILES string of the molecule is Cc1nc(=O)n(-c2ccsc2)c(C)c1CC(C)C(=O)O. The highest BCUT2D eigenvalue weighted by molar-refractivity contribution is 7.08. The van der Waals surface area contributed by atoms with Gasteiger partial charge in [0.2, 0.25) is 0 Å². The largest absolute Gasteiger partial charge is 0.481 e. The number of aliphatic carboxylic acids is 1. The van der Waals surface area contributed by atoms with E-state index >= 15 is 0 Å². The number of nitrogens with zero attached hydrogens (tertiary/aromatic N) is 2. The van der Waals surface area contributed by atoms with E-state index in [0.29, 0.717) is 12.1 Å². The van der Waals surface area contributed by atoms with Crippen LogP contribution in [0.25, 0.3) is 5.69 Å². The average molecular weight is 292 g/mol. The zero-order valence-electron chi connectivity index (χ0n) is 11.6. The minimum atomic E-state index is -0.850. The second-order valence-electron chi connectivity index (χ2n) is 4.80. The molecule has 0 radical (unpaired) electrons. The van der Waals surface area contributed by atoms with Crippen LogP contribution in [-0.2, 0) is 11.2 Å². The molecule has 2 heterocycles. The number of carboxylic acid groups (broad SMARTS) is 1. The third kappa shape index (κ3) is 2.65. The third-order valence-corrected chi connectivity index (χ3v) is 4.03. The number of carbonyl (C=O) groups is 1. The van der Waals surface area contributed by atoms with Crippen LogP contribution in [0.15, 0.2) is 21.6 Å². The molecule has 6 heteroatoms. The van der Waals surface area contributed by atoms with Crippen LogP contribution >= 0.6 is 11.3 Å². The van der Waals surface area contributed by atoms with E-state index in [1.807, 2.05) is 23.8 Å². The molecule has 0 aliphatic heterocycles.